The van der Waals surface area contributed by atoms with Crippen LogP contribution in [0.25, 0.3) is 10.9 Å². The van der Waals surface area contributed by atoms with Gasteiger partial charge in [-0.1, -0.05) is 38.1 Å². The van der Waals surface area contributed by atoms with Crippen LogP contribution in [0.4, 0.5) is 0 Å². The molecule has 4 heteroatoms. The number of amides is 1. The number of aromatic nitrogens is 1. The van der Waals surface area contributed by atoms with E-state index in [1.165, 1.54) is 16.5 Å². The number of aromatic amines is 1. The first-order valence-corrected chi connectivity index (χ1v) is 9.13. The molecule has 1 atom stereocenters. The number of H-pyrrole nitrogens is 1. The largest absolute Gasteiger partial charge is 0.481 e. The van der Waals surface area contributed by atoms with Crippen LogP contribution in [-0.2, 0) is 11.2 Å². The van der Waals surface area contributed by atoms with Gasteiger partial charge in [0.1, 0.15) is 5.75 Å². The molecule has 0 aliphatic heterocycles. The predicted molar refractivity (Wildman–Crippen MR) is 106 cm³/mol. The number of carbonyl (C=O) groups is 1. The van der Waals surface area contributed by atoms with E-state index in [9.17, 15) is 4.79 Å². The van der Waals surface area contributed by atoms with Gasteiger partial charge in [0.05, 0.1) is 0 Å². The second kappa shape index (κ2) is 8.09. The van der Waals surface area contributed by atoms with Gasteiger partial charge in [-0.15, -0.1) is 0 Å². The van der Waals surface area contributed by atoms with Gasteiger partial charge in [-0.25, -0.2) is 0 Å². The lowest BCUT2D eigenvalue weighted by molar-refractivity contribution is -0.127. The smallest absolute Gasteiger partial charge is 0.260 e. The van der Waals surface area contributed by atoms with Crippen molar-refractivity contribution in [1.82, 2.24) is 10.3 Å². The maximum absolute atomic E-state index is 12.2. The van der Waals surface area contributed by atoms with Crippen LogP contribution in [-0.4, -0.2) is 23.5 Å². The SMILES string of the molecule is CC(Oc1ccc(C(C)C)cc1)C(=O)NCCc1ccc2cc[nH]c2c1. The highest BCUT2D eigenvalue weighted by atomic mass is 16.5. The van der Waals surface area contributed by atoms with Crippen molar-refractivity contribution < 1.29 is 9.53 Å². The van der Waals surface area contributed by atoms with Gasteiger partial charge >= 0.3 is 0 Å². The van der Waals surface area contributed by atoms with Gasteiger partial charge in [-0.2, -0.15) is 0 Å². The third-order valence-electron chi connectivity index (χ3n) is 4.56. The monoisotopic (exact) mass is 350 g/mol. The fourth-order valence-corrected chi connectivity index (χ4v) is 2.91. The second-order valence-electron chi connectivity index (χ2n) is 6.92. The number of ether oxygens (including phenoxy) is 1. The van der Waals surface area contributed by atoms with E-state index >= 15 is 0 Å². The molecule has 0 saturated heterocycles. The Labute approximate surface area is 154 Å². The maximum atomic E-state index is 12.2. The third-order valence-corrected chi connectivity index (χ3v) is 4.56. The standard InChI is InChI=1S/C22H26N2O2/c1-15(2)18-6-8-20(9-7-18)26-16(3)22(25)24-12-10-17-4-5-19-11-13-23-21(19)14-17/h4-9,11,13-16,23H,10,12H2,1-3H3,(H,24,25). The predicted octanol–water partition coefficient (Wildman–Crippen LogP) is 4.42. The van der Waals surface area contributed by atoms with Gasteiger partial charge in [0.25, 0.3) is 5.91 Å². The molecule has 26 heavy (non-hydrogen) atoms. The molecule has 0 aliphatic carbocycles. The summed E-state index contributed by atoms with van der Waals surface area (Å²) >= 11 is 0. The van der Waals surface area contributed by atoms with E-state index in [4.69, 9.17) is 4.74 Å². The Kier molecular flexibility index (Phi) is 5.61. The minimum Gasteiger partial charge on any atom is -0.481 e. The zero-order valence-electron chi connectivity index (χ0n) is 15.6. The zero-order chi connectivity index (χ0) is 18.5. The third kappa shape index (κ3) is 4.45. The fraction of sp³-hybridized carbons (Fsp3) is 0.318. The van der Waals surface area contributed by atoms with Crippen molar-refractivity contribution in [1.29, 1.82) is 0 Å². The summed E-state index contributed by atoms with van der Waals surface area (Å²) in [5.41, 5.74) is 3.57. The van der Waals surface area contributed by atoms with Crippen molar-refractivity contribution in [2.24, 2.45) is 0 Å². The molecular formula is C22H26N2O2. The molecular weight excluding hydrogens is 324 g/mol. The molecule has 0 saturated carbocycles. The number of hydrogen-bond donors (Lipinski definition) is 2. The van der Waals surface area contributed by atoms with E-state index in [0.717, 1.165) is 11.9 Å². The first-order valence-electron chi connectivity index (χ1n) is 9.13. The zero-order valence-corrected chi connectivity index (χ0v) is 15.6. The molecule has 3 rings (SSSR count). The molecule has 1 heterocycles. The number of fused-ring (bicyclic) bond motifs is 1. The Hall–Kier alpha value is -2.75. The van der Waals surface area contributed by atoms with E-state index in [0.29, 0.717) is 18.2 Å². The quantitative estimate of drug-likeness (QED) is 0.663. The molecule has 0 aliphatic rings. The summed E-state index contributed by atoms with van der Waals surface area (Å²) in [6, 6.07) is 16.3. The van der Waals surface area contributed by atoms with Crippen molar-refractivity contribution in [3.05, 3.63) is 65.9 Å². The lowest BCUT2D eigenvalue weighted by Gasteiger charge is -2.15. The van der Waals surface area contributed by atoms with E-state index in [-0.39, 0.29) is 5.91 Å². The summed E-state index contributed by atoms with van der Waals surface area (Å²) in [7, 11) is 0. The topological polar surface area (TPSA) is 54.1 Å². The van der Waals surface area contributed by atoms with E-state index in [1.807, 2.05) is 36.5 Å². The Morgan fingerprint density at radius 2 is 1.85 bits per heavy atom. The van der Waals surface area contributed by atoms with Crippen LogP contribution in [0.2, 0.25) is 0 Å². The lowest BCUT2D eigenvalue weighted by Crippen LogP contribution is -2.37. The van der Waals surface area contributed by atoms with Gasteiger partial charge in [0.15, 0.2) is 6.10 Å². The van der Waals surface area contributed by atoms with Crippen molar-refractivity contribution in [2.75, 3.05) is 6.54 Å². The van der Waals surface area contributed by atoms with E-state index in [2.05, 4.69) is 42.3 Å². The Bertz CT molecular complexity index is 865. The van der Waals surface area contributed by atoms with Crippen LogP contribution in [0.15, 0.2) is 54.7 Å². The molecule has 1 aromatic heterocycles. The molecule has 2 aromatic carbocycles. The lowest BCUT2D eigenvalue weighted by atomic mass is 10.0. The van der Waals surface area contributed by atoms with Crippen molar-refractivity contribution in [3.8, 4) is 5.75 Å². The summed E-state index contributed by atoms with van der Waals surface area (Å²) < 4.78 is 5.74. The minimum atomic E-state index is -0.522. The average molecular weight is 350 g/mol. The van der Waals surface area contributed by atoms with Gasteiger partial charge in [0.2, 0.25) is 0 Å². The van der Waals surface area contributed by atoms with Gasteiger partial charge in [-0.05, 0) is 60.0 Å². The Morgan fingerprint density at radius 1 is 1.08 bits per heavy atom. The fourth-order valence-electron chi connectivity index (χ4n) is 2.91. The number of rotatable bonds is 7. The summed E-state index contributed by atoms with van der Waals surface area (Å²) in [4.78, 5) is 15.4. The Morgan fingerprint density at radius 3 is 2.58 bits per heavy atom. The molecule has 4 nitrogen and oxygen atoms in total. The Balaban J connectivity index is 1.47. The molecule has 3 aromatic rings. The summed E-state index contributed by atoms with van der Waals surface area (Å²) in [5.74, 6) is 1.10. The van der Waals surface area contributed by atoms with Gasteiger partial charge < -0.3 is 15.0 Å². The van der Waals surface area contributed by atoms with Crippen LogP contribution in [0.5, 0.6) is 5.75 Å². The van der Waals surface area contributed by atoms with Crippen molar-refractivity contribution in [3.63, 3.8) is 0 Å². The maximum Gasteiger partial charge on any atom is 0.260 e. The second-order valence-corrected chi connectivity index (χ2v) is 6.92. The number of carbonyl (C=O) groups excluding carboxylic acids is 1. The average Bonchev–Trinajstić information content (AvgIpc) is 3.09. The summed E-state index contributed by atoms with van der Waals surface area (Å²) in [6.45, 7) is 6.67. The van der Waals surface area contributed by atoms with Crippen LogP contribution < -0.4 is 10.1 Å². The molecule has 0 fully saturated rings. The van der Waals surface area contributed by atoms with Crippen LogP contribution in [0.3, 0.4) is 0 Å². The van der Waals surface area contributed by atoms with E-state index in [1.54, 1.807) is 6.92 Å². The summed E-state index contributed by atoms with van der Waals surface area (Å²) in [6.07, 6.45) is 2.20. The highest BCUT2D eigenvalue weighted by Crippen LogP contribution is 2.19. The molecule has 0 radical (unpaired) electrons. The van der Waals surface area contributed by atoms with E-state index < -0.39 is 6.10 Å². The number of hydrogen-bond acceptors (Lipinski definition) is 2. The number of benzene rings is 2. The molecule has 0 bridgehead atoms. The van der Waals surface area contributed by atoms with Crippen molar-refractivity contribution in [2.45, 2.75) is 39.2 Å². The van der Waals surface area contributed by atoms with Gasteiger partial charge in [0, 0.05) is 18.3 Å². The first-order chi connectivity index (χ1) is 12.5. The van der Waals surface area contributed by atoms with Crippen molar-refractivity contribution >= 4 is 16.8 Å². The summed E-state index contributed by atoms with van der Waals surface area (Å²) in [5, 5.41) is 4.15. The van der Waals surface area contributed by atoms with Crippen LogP contribution in [0, 0.1) is 0 Å². The number of nitrogens with one attached hydrogen (secondary N) is 2. The normalized spacial score (nSPS) is 12.3. The molecule has 1 amide bonds. The highest BCUT2D eigenvalue weighted by molar-refractivity contribution is 5.81. The molecule has 2 N–H and O–H groups in total. The minimum absolute atomic E-state index is 0.0983. The van der Waals surface area contributed by atoms with Crippen LogP contribution in [0.1, 0.15) is 37.8 Å². The molecule has 0 spiro atoms. The molecule has 1 unspecified atom stereocenters. The molecule has 136 valence electrons. The highest BCUT2D eigenvalue weighted by Gasteiger charge is 2.14. The first kappa shape index (κ1) is 18.1. The van der Waals surface area contributed by atoms with Gasteiger partial charge in [-0.3, -0.25) is 4.79 Å². The van der Waals surface area contributed by atoms with Crippen LogP contribution >= 0.6 is 0 Å².